The summed E-state index contributed by atoms with van der Waals surface area (Å²) >= 11 is 4.40. The monoisotopic (exact) mass is 279 g/mol. The topological polar surface area (TPSA) is 61.6 Å². The average molecular weight is 280 g/mol. The number of hydrogen-bond donors (Lipinski definition) is 0. The lowest BCUT2D eigenvalue weighted by molar-refractivity contribution is -0.385. The molecule has 2 rings (SSSR count). The molecule has 0 amide bonds. The Balaban J connectivity index is 2.27. The van der Waals surface area contributed by atoms with E-state index in [0.717, 1.165) is 4.88 Å². The Hall–Kier alpha value is -0.500. The van der Waals surface area contributed by atoms with Crippen molar-refractivity contribution in [3.8, 4) is 0 Å². The van der Waals surface area contributed by atoms with Crippen molar-refractivity contribution in [2.24, 2.45) is 0 Å². The predicted octanol–water partition coefficient (Wildman–Crippen LogP) is 2.46. The lowest BCUT2D eigenvalue weighted by Gasteiger charge is -2.03. The van der Waals surface area contributed by atoms with E-state index in [9.17, 15) is 10.1 Å². The third-order valence-electron chi connectivity index (χ3n) is 1.74. The second kappa shape index (κ2) is 3.93. The predicted molar refractivity (Wildman–Crippen MR) is 53.3 cm³/mol. The molecule has 14 heavy (non-hydrogen) atoms. The van der Waals surface area contributed by atoms with Gasteiger partial charge < -0.3 is 9.47 Å². The van der Waals surface area contributed by atoms with Crippen molar-refractivity contribution in [3.63, 3.8) is 0 Å². The molecule has 5 nitrogen and oxygen atoms in total. The van der Waals surface area contributed by atoms with Gasteiger partial charge in [-0.05, 0) is 15.9 Å². The van der Waals surface area contributed by atoms with Crippen molar-refractivity contribution in [1.82, 2.24) is 0 Å². The highest BCUT2D eigenvalue weighted by molar-refractivity contribution is 9.11. The molecule has 0 bridgehead atoms. The van der Waals surface area contributed by atoms with Crippen LogP contribution in [-0.2, 0) is 9.47 Å². The fourth-order valence-corrected chi connectivity index (χ4v) is 2.81. The van der Waals surface area contributed by atoms with Crippen molar-refractivity contribution in [2.75, 3.05) is 13.2 Å². The Kier molecular flexibility index (Phi) is 2.82. The molecule has 1 fully saturated rings. The fourth-order valence-electron chi connectivity index (χ4n) is 1.14. The third kappa shape index (κ3) is 1.81. The van der Waals surface area contributed by atoms with Gasteiger partial charge in [0.15, 0.2) is 6.29 Å². The van der Waals surface area contributed by atoms with Gasteiger partial charge >= 0.3 is 0 Å². The van der Waals surface area contributed by atoms with Crippen molar-refractivity contribution >= 4 is 33.0 Å². The SMILES string of the molecule is O=[N+]([O-])c1cc(C2OCCO2)sc1Br. The first-order valence-electron chi connectivity index (χ1n) is 3.85. The minimum Gasteiger partial charge on any atom is -0.345 e. The van der Waals surface area contributed by atoms with Crippen LogP contribution in [0.1, 0.15) is 11.2 Å². The van der Waals surface area contributed by atoms with Gasteiger partial charge in [-0.15, -0.1) is 11.3 Å². The van der Waals surface area contributed by atoms with Gasteiger partial charge in [-0.3, -0.25) is 10.1 Å². The number of nitrogens with zero attached hydrogens (tertiary/aromatic N) is 1. The molecule has 0 aliphatic carbocycles. The third-order valence-corrected chi connectivity index (χ3v) is 3.56. The maximum Gasteiger partial charge on any atom is 0.294 e. The molecule has 0 spiro atoms. The van der Waals surface area contributed by atoms with Crippen LogP contribution in [0.2, 0.25) is 0 Å². The van der Waals surface area contributed by atoms with E-state index in [-0.39, 0.29) is 5.69 Å². The van der Waals surface area contributed by atoms with E-state index in [1.54, 1.807) is 0 Å². The van der Waals surface area contributed by atoms with Crippen LogP contribution in [0.4, 0.5) is 5.69 Å². The normalized spacial score (nSPS) is 17.5. The summed E-state index contributed by atoms with van der Waals surface area (Å²) in [6, 6.07) is 1.48. The summed E-state index contributed by atoms with van der Waals surface area (Å²) in [5.41, 5.74) is 0.0594. The highest BCUT2D eigenvalue weighted by Gasteiger charge is 2.25. The van der Waals surface area contributed by atoms with E-state index in [4.69, 9.17) is 9.47 Å². The second-order valence-corrected chi connectivity index (χ2v) is 5.04. The van der Waals surface area contributed by atoms with Crippen LogP contribution in [0.3, 0.4) is 0 Å². The Morgan fingerprint density at radius 3 is 2.71 bits per heavy atom. The standard InChI is InChI=1S/C7H6BrNO4S/c8-6-4(9(10)11)3-5(14-6)7-12-1-2-13-7/h3,7H,1-2H2. The zero-order valence-electron chi connectivity index (χ0n) is 6.94. The van der Waals surface area contributed by atoms with Crippen LogP contribution < -0.4 is 0 Å². The van der Waals surface area contributed by atoms with E-state index in [0.29, 0.717) is 17.0 Å². The van der Waals surface area contributed by atoms with Crippen LogP contribution in [0, 0.1) is 10.1 Å². The first-order valence-corrected chi connectivity index (χ1v) is 5.46. The van der Waals surface area contributed by atoms with Gasteiger partial charge in [0.2, 0.25) is 0 Å². The molecule has 0 atom stereocenters. The zero-order chi connectivity index (χ0) is 10.1. The van der Waals surface area contributed by atoms with Gasteiger partial charge in [0.25, 0.3) is 5.69 Å². The second-order valence-electron chi connectivity index (χ2n) is 2.64. The molecular weight excluding hydrogens is 274 g/mol. The van der Waals surface area contributed by atoms with E-state index >= 15 is 0 Å². The van der Waals surface area contributed by atoms with Crippen molar-refractivity contribution < 1.29 is 14.4 Å². The Morgan fingerprint density at radius 2 is 2.21 bits per heavy atom. The zero-order valence-corrected chi connectivity index (χ0v) is 9.34. The lowest BCUT2D eigenvalue weighted by atomic mass is 10.4. The van der Waals surface area contributed by atoms with Gasteiger partial charge in [-0.1, -0.05) is 0 Å². The van der Waals surface area contributed by atoms with E-state index in [1.165, 1.54) is 17.4 Å². The molecule has 0 saturated carbocycles. The fraction of sp³-hybridized carbons (Fsp3) is 0.429. The lowest BCUT2D eigenvalue weighted by Crippen LogP contribution is -1.94. The molecule has 1 aliphatic heterocycles. The number of rotatable bonds is 2. The number of thiophene rings is 1. The summed E-state index contributed by atoms with van der Waals surface area (Å²) in [5.74, 6) is 0. The smallest absolute Gasteiger partial charge is 0.294 e. The van der Waals surface area contributed by atoms with Crippen LogP contribution in [-0.4, -0.2) is 18.1 Å². The summed E-state index contributed by atoms with van der Waals surface area (Å²) in [6.07, 6.45) is -0.440. The van der Waals surface area contributed by atoms with E-state index in [2.05, 4.69) is 15.9 Å². The number of ether oxygens (including phenoxy) is 2. The van der Waals surface area contributed by atoms with Crippen LogP contribution in [0.25, 0.3) is 0 Å². The maximum atomic E-state index is 10.6. The van der Waals surface area contributed by atoms with E-state index in [1.807, 2.05) is 0 Å². The first kappa shape index (κ1) is 10.0. The van der Waals surface area contributed by atoms with E-state index < -0.39 is 11.2 Å². The van der Waals surface area contributed by atoms with Gasteiger partial charge in [-0.25, -0.2) is 0 Å². The van der Waals surface area contributed by atoms with Gasteiger partial charge in [0.05, 0.1) is 23.0 Å². The Labute approximate surface area is 91.9 Å². The minimum atomic E-state index is -0.440. The molecule has 2 heterocycles. The number of nitro groups is 1. The first-order chi connectivity index (χ1) is 6.68. The molecule has 0 aromatic carbocycles. The maximum absolute atomic E-state index is 10.6. The van der Waals surface area contributed by atoms with Crippen LogP contribution >= 0.6 is 27.3 Å². The Bertz CT molecular complexity index is 361. The molecule has 0 unspecified atom stereocenters. The molecule has 1 aromatic heterocycles. The molecule has 1 saturated heterocycles. The Morgan fingerprint density at radius 1 is 1.57 bits per heavy atom. The highest BCUT2D eigenvalue weighted by atomic mass is 79.9. The molecule has 0 radical (unpaired) electrons. The molecule has 76 valence electrons. The number of hydrogen-bond acceptors (Lipinski definition) is 5. The van der Waals surface area contributed by atoms with Crippen LogP contribution in [0.5, 0.6) is 0 Å². The van der Waals surface area contributed by atoms with Gasteiger partial charge in [0, 0.05) is 6.07 Å². The molecule has 0 N–H and O–H groups in total. The van der Waals surface area contributed by atoms with Gasteiger partial charge in [0.1, 0.15) is 3.79 Å². The van der Waals surface area contributed by atoms with Crippen molar-refractivity contribution in [3.05, 3.63) is 24.8 Å². The van der Waals surface area contributed by atoms with Crippen molar-refractivity contribution in [2.45, 2.75) is 6.29 Å². The number of halogens is 1. The molecular formula is C7H6BrNO4S. The van der Waals surface area contributed by atoms with Crippen LogP contribution in [0.15, 0.2) is 9.85 Å². The quantitative estimate of drug-likeness (QED) is 0.616. The highest BCUT2D eigenvalue weighted by Crippen LogP contribution is 2.39. The molecule has 1 aliphatic rings. The summed E-state index contributed by atoms with van der Waals surface area (Å²) in [6.45, 7) is 1.07. The summed E-state index contributed by atoms with van der Waals surface area (Å²) in [7, 11) is 0. The minimum absolute atomic E-state index is 0.0594. The molecule has 7 heteroatoms. The van der Waals surface area contributed by atoms with Crippen molar-refractivity contribution in [1.29, 1.82) is 0 Å². The average Bonchev–Trinajstić information content (AvgIpc) is 2.70. The summed E-state index contributed by atoms with van der Waals surface area (Å²) in [4.78, 5) is 10.8. The van der Waals surface area contributed by atoms with Gasteiger partial charge in [-0.2, -0.15) is 0 Å². The summed E-state index contributed by atoms with van der Waals surface area (Å²) < 4.78 is 11.0. The summed E-state index contributed by atoms with van der Waals surface area (Å²) in [5, 5.41) is 10.6. The largest absolute Gasteiger partial charge is 0.345 e. The molecule has 1 aromatic rings.